The molecular weight excluding hydrogens is 253 g/mol. The third-order valence-corrected chi connectivity index (χ3v) is 1.95. The second-order valence-electron chi connectivity index (χ2n) is 3.96. The van der Waals surface area contributed by atoms with Crippen molar-refractivity contribution in [1.29, 1.82) is 0 Å². The van der Waals surface area contributed by atoms with E-state index in [1.165, 1.54) is 6.33 Å². The fraction of sp³-hybridized carbons (Fsp3) is 0.444. The number of amides is 1. The molecule has 0 fully saturated rings. The van der Waals surface area contributed by atoms with E-state index in [1.807, 2.05) is 0 Å². The molecule has 0 aliphatic rings. The largest absolute Gasteiger partial charge is 0.444 e. The quantitative estimate of drug-likeness (QED) is 0.791. The van der Waals surface area contributed by atoms with E-state index in [0.29, 0.717) is 0 Å². The zero-order valence-corrected chi connectivity index (χ0v) is 10.6. The van der Waals surface area contributed by atoms with E-state index < -0.39 is 11.7 Å². The summed E-state index contributed by atoms with van der Waals surface area (Å²) in [5.41, 5.74) is -0.460. The number of rotatable bonds is 1. The standard InChI is InChI=1S/C9H11Cl2N3O2/c1-9(2,3)16-8(15)14-5-6(10)12-4-13-7(5)11/h4H,1-3H3,(H,14,15). The van der Waals surface area contributed by atoms with Crippen molar-refractivity contribution in [2.75, 3.05) is 5.32 Å². The Morgan fingerprint density at radius 1 is 1.31 bits per heavy atom. The fourth-order valence-corrected chi connectivity index (χ4v) is 1.26. The van der Waals surface area contributed by atoms with Gasteiger partial charge in [-0.05, 0) is 20.8 Å². The van der Waals surface area contributed by atoms with E-state index in [0.717, 1.165) is 0 Å². The van der Waals surface area contributed by atoms with Crippen molar-refractivity contribution in [3.63, 3.8) is 0 Å². The lowest BCUT2D eigenvalue weighted by molar-refractivity contribution is 0.0636. The Hall–Kier alpha value is -1.07. The summed E-state index contributed by atoms with van der Waals surface area (Å²) in [4.78, 5) is 18.8. The number of hydrogen-bond acceptors (Lipinski definition) is 4. The smallest absolute Gasteiger partial charge is 0.412 e. The molecule has 5 nitrogen and oxygen atoms in total. The van der Waals surface area contributed by atoms with Gasteiger partial charge in [-0.3, -0.25) is 5.32 Å². The van der Waals surface area contributed by atoms with E-state index >= 15 is 0 Å². The van der Waals surface area contributed by atoms with Crippen LogP contribution >= 0.6 is 23.2 Å². The summed E-state index contributed by atoms with van der Waals surface area (Å²) in [6, 6.07) is 0. The summed E-state index contributed by atoms with van der Waals surface area (Å²) in [6.07, 6.45) is 0.538. The molecule has 0 radical (unpaired) electrons. The Bertz CT molecular complexity index is 384. The molecule has 0 bridgehead atoms. The van der Waals surface area contributed by atoms with Crippen LogP contribution in [-0.2, 0) is 4.74 Å². The first-order valence-electron chi connectivity index (χ1n) is 4.45. The predicted molar refractivity (Wildman–Crippen MR) is 61.9 cm³/mol. The van der Waals surface area contributed by atoms with Crippen molar-refractivity contribution >= 4 is 35.0 Å². The van der Waals surface area contributed by atoms with Crippen molar-refractivity contribution in [1.82, 2.24) is 9.97 Å². The summed E-state index contributed by atoms with van der Waals surface area (Å²) >= 11 is 11.5. The van der Waals surface area contributed by atoms with Crippen LogP contribution in [0.3, 0.4) is 0 Å². The summed E-state index contributed by atoms with van der Waals surface area (Å²) in [7, 11) is 0. The number of anilines is 1. The van der Waals surface area contributed by atoms with Gasteiger partial charge in [0.1, 0.15) is 17.6 Å². The molecule has 0 unspecified atom stereocenters. The minimum atomic E-state index is -0.661. The van der Waals surface area contributed by atoms with Crippen LogP contribution < -0.4 is 5.32 Å². The molecule has 0 aromatic carbocycles. The van der Waals surface area contributed by atoms with Gasteiger partial charge in [-0.25, -0.2) is 14.8 Å². The number of ether oxygens (including phenoxy) is 1. The van der Waals surface area contributed by atoms with Crippen molar-refractivity contribution in [2.45, 2.75) is 26.4 Å². The van der Waals surface area contributed by atoms with Crippen LogP contribution in [0.25, 0.3) is 0 Å². The molecule has 1 amide bonds. The number of nitrogens with zero attached hydrogens (tertiary/aromatic N) is 2. The maximum Gasteiger partial charge on any atom is 0.412 e. The second kappa shape index (κ2) is 4.84. The van der Waals surface area contributed by atoms with Gasteiger partial charge in [-0.2, -0.15) is 0 Å². The van der Waals surface area contributed by atoms with E-state index in [1.54, 1.807) is 20.8 Å². The highest BCUT2D eigenvalue weighted by Crippen LogP contribution is 2.26. The van der Waals surface area contributed by atoms with Crippen LogP contribution in [0.4, 0.5) is 10.5 Å². The lowest BCUT2D eigenvalue weighted by Crippen LogP contribution is -2.27. The summed E-state index contributed by atoms with van der Waals surface area (Å²) in [5, 5.41) is 2.51. The highest BCUT2D eigenvalue weighted by atomic mass is 35.5. The molecule has 1 aromatic heterocycles. The molecule has 0 aliphatic carbocycles. The Morgan fingerprint density at radius 2 is 1.81 bits per heavy atom. The van der Waals surface area contributed by atoms with Gasteiger partial charge in [0.2, 0.25) is 0 Å². The van der Waals surface area contributed by atoms with Crippen LogP contribution in [0.5, 0.6) is 0 Å². The van der Waals surface area contributed by atoms with E-state index in [2.05, 4.69) is 15.3 Å². The van der Waals surface area contributed by atoms with Gasteiger partial charge < -0.3 is 4.74 Å². The van der Waals surface area contributed by atoms with Crippen molar-refractivity contribution in [2.24, 2.45) is 0 Å². The van der Waals surface area contributed by atoms with Crippen molar-refractivity contribution in [3.8, 4) is 0 Å². The van der Waals surface area contributed by atoms with Gasteiger partial charge >= 0.3 is 6.09 Å². The zero-order valence-electron chi connectivity index (χ0n) is 9.04. The van der Waals surface area contributed by atoms with Crippen LogP contribution in [-0.4, -0.2) is 21.7 Å². The Morgan fingerprint density at radius 3 is 2.25 bits per heavy atom. The number of nitrogens with one attached hydrogen (secondary N) is 1. The maximum atomic E-state index is 11.4. The van der Waals surface area contributed by atoms with E-state index in [-0.39, 0.29) is 16.0 Å². The molecule has 7 heteroatoms. The molecule has 0 aliphatic heterocycles. The van der Waals surface area contributed by atoms with Gasteiger partial charge in [0.25, 0.3) is 0 Å². The molecule has 16 heavy (non-hydrogen) atoms. The van der Waals surface area contributed by atoms with Gasteiger partial charge in [0.15, 0.2) is 10.3 Å². The van der Waals surface area contributed by atoms with Crippen molar-refractivity contribution < 1.29 is 9.53 Å². The Balaban J connectivity index is 2.78. The minimum absolute atomic E-state index is 0.0610. The molecule has 0 saturated carbocycles. The molecule has 1 aromatic rings. The van der Waals surface area contributed by atoms with E-state index in [9.17, 15) is 4.79 Å². The van der Waals surface area contributed by atoms with Gasteiger partial charge in [0, 0.05) is 0 Å². The first kappa shape index (κ1) is 13.0. The number of aromatic nitrogens is 2. The average molecular weight is 264 g/mol. The first-order valence-corrected chi connectivity index (χ1v) is 5.21. The first-order chi connectivity index (χ1) is 7.29. The second-order valence-corrected chi connectivity index (χ2v) is 4.67. The minimum Gasteiger partial charge on any atom is -0.444 e. The molecule has 1 N–H and O–H groups in total. The molecule has 88 valence electrons. The summed E-state index contributed by atoms with van der Waals surface area (Å²) in [5.74, 6) is 0. The number of carbonyl (C=O) groups is 1. The molecule has 0 spiro atoms. The lowest BCUT2D eigenvalue weighted by atomic mass is 10.2. The Kier molecular flexibility index (Phi) is 3.93. The Labute approximate surface area is 103 Å². The summed E-state index contributed by atoms with van der Waals surface area (Å²) in [6.45, 7) is 5.24. The van der Waals surface area contributed by atoms with Crippen LogP contribution in [0, 0.1) is 0 Å². The maximum absolute atomic E-state index is 11.4. The van der Waals surface area contributed by atoms with E-state index in [4.69, 9.17) is 27.9 Å². The highest BCUT2D eigenvalue weighted by molar-refractivity contribution is 6.38. The van der Waals surface area contributed by atoms with Crippen molar-refractivity contribution in [3.05, 3.63) is 16.6 Å². The third kappa shape index (κ3) is 3.83. The highest BCUT2D eigenvalue weighted by Gasteiger charge is 2.18. The molecule has 0 atom stereocenters. The predicted octanol–water partition coefficient (Wildman–Crippen LogP) is 3.13. The fourth-order valence-electron chi connectivity index (χ4n) is 0.853. The van der Waals surface area contributed by atoms with Crippen LogP contribution in [0.2, 0.25) is 10.3 Å². The average Bonchev–Trinajstić information content (AvgIpc) is 2.08. The van der Waals surface area contributed by atoms with Gasteiger partial charge in [-0.1, -0.05) is 23.2 Å². The number of carbonyl (C=O) groups excluding carboxylic acids is 1. The third-order valence-electron chi connectivity index (χ3n) is 1.38. The number of hydrogen-bond donors (Lipinski definition) is 1. The lowest BCUT2D eigenvalue weighted by Gasteiger charge is -2.19. The number of halogens is 2. The molecular formula is C9H11Cl2N3O2. The normalized spacial score (nSPS) is 11.1. The molecule has 1 heterocycles. The topological polar surface area (TPSA) is 64.1 Å². The van der Waals surface area contributed by atoms with Crippen LogP contribution in [0.1, 0.15) is 20.8 Å². The van der Waals surface area contributed by atoms with Crippen LogP contribution in [0.15, 0.2) is 6.33 Å². The molecule has 1 rings (SSSR count). The SMILES string of the molecule is CC(C)(C)OC(=O)Nc1c(Cl)ncnc1Cl. The van der Waals surface area contributed by atoms with Gasteiger partial charge in [-0.15, -0.1) is 0 Å². The summed E-state index contributed by atoms with van der Waals surface area (Å²) < 4.78 is 5.03. The monoisotopic (exact) mass is 263 g/mol. The molecule has 0 saturated heterocycles. The zero-order chi connectivity index (χ0) is 12.3. The van der Waals surface area contributed by atoms with Gasteiger partial charge in [0.05, 0.1) is 0 Å².